The van der Waals surface area contributed by atoms with Crippen molar-refractivity contribution >= 4 is 70.9 Å². The lowest BCUT2D eigenvalue weighted by Gasteiger charge is -2.10. The Morgan fingerprint density at radius 2 is 0.508 bits per heavy atom. The van der Waals surface area contributed by atoms with Gasteiger partial charge in [-0.25, -0.2) is 54.8 Å². The minimum absolute atomic E-state index is 0.489. The molecule has 0 radical (unpaired) electrons. The van der Waals surface area contributed by atoms with Crippen molar-refractivity contribution in [2.75, 3.05) is 0 Å². The Morgan fingerprint density at radius 3 is 0.908 bits per heavy atom. The lowest BCUT2D eigenvalue weighted by Crippen LogP contribution is -2.01. The van der Waals surface area contributed by atoms with Gasteiger partial charge in [0, 0.05) is 161 Å². The van der Waals surface area contributed by atoms with Gasteiger partial charge in [0.15, 0.2) is 40.8 Å². The molecular formula is C103H67N17. The van der Waals surface area contributed by atoms with Crippen LogP contribution in [0.5, 0.6) is 0 Å². The van der Waals surface area contributed by atoms with Crippen molar-refractivity contribution in [1.29, 1.82) is 0 Å². The zero-order chi connectivity index (χ0) is 79.7. The van der Waals surface area contributed by atoms with E-state index in [-0.39, 0.29) is 0 Å². The summed E-state index contributed by atoms with van der Waals surface area (Å²) in [4.78, 5) is 61.0. The van der Waals surface area contributed by atoms with Gasteiger partial charge in [-0.05, 0) is 158 Å². The molecule has 0 atom stereocenters. The molecule has 0 aliphatic carbocycles. The van der Waals surface area contributed by atoms with Gasteiger partial charge >= 0.3 is 0 Å². The largest absolute Gasteiger partial charge is 0.323 e. The Balaban J connectivity index is 0.000000112. The molecule has 0 unspecified atom stereocenters. The van der Waals surface area contributed by atoms with E-state index in [9.17, 15) is 0 Å². The molecular weight excluding hydrogens is 1480 g/mol. The molecule has 12 aromatic heterocycles. The average Bonchev–Trinajstić information content (AvgIpc) is 1.61. The van der Waals surface area contributed by atoms with Gasteiger partial charge in [-0.1, -0.05) is 188 Å². The van der Waals surface area contributed by atoms with Crippen LogP contribution in [-0.2, 0) is 0 Å². The highest BCUT2D eigenvalue weighted by atomic mass is 15.1. The summed E-state index contributed by atoms with van der Waals surface area (Å²) >= 11 is 0. The standard InChI is InChI=1S/C37H24N6.C36H23N7.C30H20N4/c1-2-10-25(11-3-1)37-41-32(22-33(42-37)31-14-8-9-21-38-31)27-23-39-36(40-24-27)26-17-19-28(20-18-26)43-34-15-6-4-12-29(34)30-13-5-7-16-35(30)43;1-2-10-24(11-3-1)34-40-35(42-36(41-34)30-14-8-9-21-37-30)26-22-38-33(39-23-26)25-17-19-27(20-18-25)43-31-15-6-4-12-28(31)29-13-5-7-16-32(29)43;1-3-10-28-26(8-1)27-9-2-4-11-29(27)34(28)24-14-12-21(13-15-24)30-31-18-23(19-32-30)22-17-25-7-5-6-16-33(25)20-22/h1-24H;1-23H;1-20H. The summed E-state index contributed by atoms with van der Waals surface area (Å²) in [5.74, 6) is 4.18. The van der Waals surface area contributed by atoms with Crippen LogP contribution in [0.25, 0.3) is 202 Å². The second-order valence-corrected chi connectivity index (χ2v) is 28.8. The molecule has 0 aliphatic heterocycles. The second-order valence-electron chi connectivity index (χ2n) is 28.8. The molecule has 23 rings (SSSR count). The molecule has 17 nitrogen and oxygen atoms in total. The van der Waals surface area contributed by atoms with Crippen LogP contribution in [0.2, 0.25) is 0 Å². The van der Waals surface area contributed by atoms with E-state index in [2.05, 4.69) is 285 Å². The predicted molar refractivity (Wildman–Crippen MR) is 479 cm³/mol. The number of hydrogen-bond donors (Lipinski definition) is 0. The number of pyridine rings is 3. The monoisotopic (exact) mass is 1540 g/mol. The van der Waals surface area contributed by atoms with Crippen molar-refractivity contribution in [3.05, 3.63) is 408 Å². The summed E-state index contributed by atoms with van der Waals surface area (Å²) in [6.45, 7) is 0. The van der Waals surface area contributed by atoms with Gasteiger partial charge in [0.1, 0.15) is 5.69 Å². The summed E-state index contributed by atoms with van der Waals surface area (Å²) in [6.07, 6.45) is 18.6. The third-order valence-corrected chi connectivity index (χ3v) is 21.5. The number of aromatic nitrogens is 17. The van der Waals surface area contributed by atoms with E-state index in [1.807, 2.05) is 146 Å². The lowest BCUT2D eigenvalue weighted by molar-refractivity contribution is 1.05. The third kappa shape index (κ3) is 13.7. The summed E-state index contributed by atoms with van der Waals surface area (Å²) in [7, 11) is 0. The Labute approximate surface area is 688 Å². The summed E-state index contributed by atoms with van der Waals surface area (Å²) < 4.78 is 9.02. The molecule has 23 aromatic rings. The third-order valence-electron chi connectivity index (χ3n) is 21.5. The van der Waals surface area contributed by atoms with Gasteiger partial charge in [-0.3, -0.25) is 9.97 Å². The van der Waals surface area contributed by atoms with Crippen molar-refractivity contribution < 1.29 is 0 Å². The van der Waals surface area contributed by atoms with Crippen molar-refractivity contribution in [3.8, 4) is 131 Å². The van der Waals surface area contributed by atoms with Crippen LogP contribution in [0.15, 0.2) is 408 Å². The Kier molecular flexibility index (Phi) is 18.5. The van der Waals surface area contributed by atoms with Gasteiger partial charge in [-0.15, -0.1) is 0 Å². The zero-order valence-electron chi connectivity index (χ0n) is 64.3. The second kappa shape index (κ2) is 31.2. The molecule has 0 saturated carbocycles. The van der Waals surface area contributed by atoms with E-state index in [1.54, 1.807) is 24.8 Å². The molecule has 0 amide bonds. The molecule has 0 aliphatic rings. The molecule has 120 heavy (non-hydrogen) atoms. The lowest BCUT2D eigenvalue weighted by atomic mass is 10.1. The van der Waals surface area contributed by atoms with E-state index in [0.717, 1.165) is 90.0 Å². The normalized spacial score (nSPS) is 11.3. The number of fused-ring (bicyclic) bond motifs is 10. The Bertz CT molecular complexity index is 7020. The van der Waals surface area contributed by atoms with Gasteiger partial charge in [0.2, 0.25) is 0 Å². The fourth-order valence-corrected chi connectivity index (χ4v) is 15.7. The summed E-state index contributed by atoms with van der Waals surface area (Å²) in [6, 6.07) is 118. The highest BCUT2D eigenvalue weighted by molar-refractivity contribution is 6.11. The van der Waals surface area contributed by atoms with Crippen molar-refractivity contribution in [3.63, 3.8) is 0 Å². The quantitative estimate of drug-likeness (QED) is 0.106. The highest BCUT2D eigenvalue weighted by Crippen LogP contribution is 2.38. The maximum Gasteiger partial charge on any atom is 0.182 e. The number of hydrogen-bond acceptors (Lipinski definition) is 13. The molecule has 0 saturated heterocycles. The smallest absolute Gasteiger partial charge is 0.182 e. The minimum atomic E-state index is 0.489. The number of rotatable bonds is 13. The molecule has 12 heterocycles. The topological polar surface area (TPSA) is 187 Å². The first-order chi connectivity index (χ1) is 59.5. The van der Waals surface area contributed by atoms with E-state index in [0.29, 0.717) is 46.2 Å². The first kappa shape index (κ1) is 71.0. The van der Waals surface area contributed by atoms with Crippen LogP contribution in [0.3, 0.4) is 0 Å². The zero-order valence-corrected chi connectivity index (χ0v) is 64.3. The van der Waals surface area contributed by atoms with Crippen molar-refractivity contribution in [1.82, 2.24) is 82.9 Å². The van der Waals surface area contributed by atoms with Crippen molar-refractivity contribution in [2.24, 2.45) is 0 Å². The Hall–Kier alpha value is -16.8. The number of benzene rings is 11. The van der Waals surface area contributed by atoms with Gasteiger partial charge in [0.25, 0.3) is 0 Å². The van der Waals surface area contributed by atoms with Crippen LogP contribution >= 0.6 is 0 Å². The van der Waals surface area contributed by atoms with Crippen LogP contribution in [0, 0.1) is 0 Å². The summed E-state index contributed by atoms with van der Waals surface area (Å²) in [5.41, 5.74) is 22.8. The molecule has 0 fully saturated rings. The van der Waals surface area contributed by atoms with E-state index >= 15 is 0 Å². The molecule has 17 heteroatoms. The van der Waals surface area contributed by atoms with Gasteiger partial charge in [0.05, 0.1) is 55.7 Å². The highest BCUT2D eigenvalue weighted by Gasteiger charge is 2.20. The fourth-order valence-electron chi connectivity index (χ4n) is 15.7. The van der Waals surface area contributed by atoms with Crippen LogP contribution in [-0.4, -0.2) is 82.9 Å². The number of nitrogens with zero attached hydrogens (tertiary/aromatic N) is 17. The van der Waals surface area contributed by atoms with E-state index in [1.165, 1.54) is 65.4 Å². The fraction of sp³-hybridized carbons (Fsp3) is 0. The summed E-state index contributed by atoms with van der Waals surface area (Å²) in [5, 5.41) is 7.49. The van der Waals surface area contributed by atoms with E-state index < -0.39 is 0 Å². The first-order valence-electron chi connectivity index (χ1n) is 39.4. The van der Waals surface area contributed by atoms with Crippen LogP contribution in [0.4, 0.5) is 0 Å². The van der Waals surface area contributed by atoms with E-state index in [4.69, 9.17) is 34.9 Å². The van der Waals surface area contributed by atoms with Gasteiger partial charge < -0.3 is 18.1 Å². The SMILES string of the molecule is c1ccc(-c2nc(-c3cnc(-c4ccc(-n5c6ccccc6c6ccccc65)cc4)nc3)cc(-c3ccccn3)n2)cc1.c1ccc(-c2nc(-c3cnc(-c4ccc(-n5c6ccccc6c6ccccc65)cc4)nc3)nc(-c3ccccn3)n2)cc1.c1ccc2c(c1)c1ccccc1n2-c1ccc(-c2ncc(-c3cc4ccccn4c3)cn2)cc1. The minimum Gasteiger partial charge on any atom is -0.323 e. The maximum absolute atomic E-state index is 4.87. The van der Waals surface area contributed by atoms with Crippen molar-refractivity contribution in [2.45, 2.75) is 0 Å². The van der Waals surface area contributed by atoms with Gasteiger partial charge in [-0.2, -0.15) is 0 Å². The molecule has 564 valence electrons. The molecule has 11 aromatic carbocycles. The Morgan fingerprint density at radius 1 is 0.183 bits per heavy atom. The molecule has 0 N–H and O–H groups in total. The van der Waals surface area contributed by atoms with Crippen LogP contribution < -0.4 is 0 Å². The maximum atomic E-state index is 4.87. The van der Waals surface area contributed by atoms with Crippen LogP contribution in [0.1, 0.15) is 0 Å². The average molecular weight is 1540 g/mol. The predicted octanol–water partition coefficient (Wildman–Crippen LogP) is 23.4. The first-order valence-corrected chi connectivity index (χ1v) is 39.4. The molecule has 0 bridgehead atoms. The number of para-hydroxylation sites is 6. The molecule has 0 spiro atoms.